The summed E-state index contributed by atoms with van der Waals surface area (Å²) in [5, 5.41) is 0.900. The topological polar surface area (TPSA) is 68.5 Å². The minimum Gasteiger partial charge on any atom is -0.379 e. The standard InChI is InChI=1S/C21H20FN3O2.C2H2/c22-16-4-2-15(3-5-16)18-12-20(21(23)26)24-19-11-14(1-6-17(18)19)13-25-7-9-27-10-8-25;1-2/h1-6,11-12H,7-10,13H2,(H2,23,26);1-2H. The number of rotatable bonds is 4. The predicted octanol–water partition coefficient (Wildman–Crippen LogP) is 3.22. The molecule has 0 atom stereocenters. The number of hydrogen-bond donors (Lipinski definition) is 1. The highest BCUT2D eigenvalue weighted by Gasteiger charge is 2.14. The smallest absolute Gasteiger partial charge is 0.267 e. The summed E-state index contributed by atoms with van der Waals surface area (Å²) in [6.45, 7) is 4.08. The molecule has 0 unspecified atom stereocenters. The number of halogens is 1. The van der Waals surface area contributed by atoms with Gasteiger partial charge in [0.2, 0.25) is 0 Å². The molecule has 2 aromatic carbocycles. The van der Waals surface area contributed by atoms with Gasteiger partial charge in [-0.25, -0.2) is 9.37 Å². The summed E-state index contributed by atoms with van der Waals surface area (Å²) < 4.78 is 18.7. The Kier molecular flexibility index (Phi) is 6.55. The first-order valence-electron chi connectivity index (χ1n) is 9.23. The third-order valence-corrected chi connectivity index (χ3v) is 4.79. The Morgan fingerprint density at radius 2 is 1.79 bits per heavy atom. The number of carbonyl (C=O) groups excluding carboxylic acids is 1. The molecular weight excluding hydrogens is 369 g/mol. The van der Waals surface area contributed by atoms with Crippen molar-refractivity contribution in [2.45, 2.75) is 6.54 Å². The van der Waals surface area contributed by atoms with Gasteiger partial charge in [-0.2, -0.15) is 0 Å². The van der Waals surface area contributed by atoms with Crippen molar-refractivity contribution in [2.75, 3.05) is 26.3 Å². The fourth-order valence-electron chi connectivity index (χ4n) is 3.38. The number of primary amides is 1. The van der Waals surface area contributed by atoms with Crippen LogP contribution in [-0.4, -0.2) is 42.1 Å². The lowest BCUT2D eigenvalue weighted by molar-refractivity contribution is 0.0342. The summed E-state index contributed by atoms with van der Waals surface area (Å²) in [6, 6.07) is 13.9. The molecule has 1 saturated heterocycles. The zero-order chi connectivity index (χ0) is 20.8. The van der Waals surface area contributed by atoms with Crippen LogP contribution < -0.4 is 5.73 Å². The van der Waals surface area contributed by atoms with Gasteiger partial charge < -0.3 is 10.5 Å². The number of ether oxygens (including phenoxy) is 1. The lowest BCUT2D eigenvalue weighted by Crippen LogP contribution is -2.35. The fourth-order valence-corrected chi connectivity index (χ4v) is 3.38. The van der Waals surface area contributed by atoms with E-state index in [0.29, 0.717) is 5.52 Å². The molecule has 2 N–H and O–H groups in total. The average Bonchev–Trinajstić information content (AvgIpc) is 2.75. The first-order valence-corrected chi connectivity index (χ1v) is 9.23. The van der Waals surface area contributed by atoms with Gasteiger partial charge in [0, 0.05) is 25.0 Å². The minimum atomic E-state index is -0.584. The van der Waals surface area contributed by atoms with E-state index in [1.54, 1.807) is 18.2 Å². The number of terminal acetylenes is 1. The second kappa shape index (κ2) is 9.28. The molecule has 4 rings (SSSR count). The van der Waals surface area contributed by atoms with Gasteiger partial charge in [-0.05, 0) is 41.0 Å². The van der Waals surface area contributed by atoms with Crippen molar-refractivity contribution in [3.63, 3.8) is 0 Å². The summed E-state index contributed by atoms with van der Waals surface area (Å²) in [7, 11) is 0. The van der Waals surface area contributed by atoms with E-state index in [4.69, 9.17) is 10.5 Å². The maximum absolute atomic E-state index is 13.3. The molecule has 29 heavy (non-hydrogen) atoms. The molecule has 5 nitrogen and oxygen atoms in total. The zero-order valence-electron chi connectivity index (χ0n) is 16.0. The highest BCUT2D eigenvalue weighted by atomic mass is 19.1. The van der Waals surface area contributed by atoms with Crippen LogP contribution in [0.3, 0.4) is 0 Å². The van der Waals surface area contributed by atoms with Crippen molar-refractivity contribution in [1.29, 1.82) is 0 Å². The van der Waals surface area contributed by atoms with E-state index in [0.717, 1.165) is 54.9 Å². The van der Waals surface area contributed by atoms with E-state index < -0.39 is 5.91 Å². The summed E-state index contributed by atoms with van der Waals surface area (Å²) in [5.41, 5.74) is 9.12. The van der Waals surface area contributed by atoms with Crippen LogP contribution in [0.4, 0.5) is 4.39 Å². The molecule has 1 fully saturated rings. The Hall–Kier alpha value is -3.27. The lowest BCUT2D eigenvalue weighted by atomic mass is 9.98. The van der Waals surface area contributed by atoms with Crippen LogP contribution >= 0.6 is 0 Å². The Bertz CT molecular complexity index is 1030. The first-order chi connectivity index (χ1) is 14.1. The summed E-state index contributed by atoms with van der Waals surface area (Å²) in [5.74, 6) is -0.890. The zero-order valence-corrected chi connectivity index (χ0v) is 16.0. The van der Waals surface area contributed by atoms with Gasteiger partial charge in [-0.15, -0.1) is 12.8 Å². The van der Waals surface area contributed by atoms with E-state index in [1.165, 1.54) is 12.1 Å². The van der Waals surface area contributed by atoms with Gasteiger partial charge in [0.05, 0.1) is 18.7 Å². The van der Waals surface area contributed by atoms with E-state index in [1.807, 2.05) is 12.1 Å². The highest BCUT2D eigenvalue weighted by molar-refractivity contribution is 6.00. The lowest BCUT2D eigenvalue weighted by Gasteiger charge is -2.26. The average molecular weight is 391 g/mol. The molecule has 0 bridgehead atoms. The molecular formula is C23H22FN3O2. The van der Waals surface area contributed by atoms with Crippen molar-refractivity contribution in [1.82, 2.24) is 9.88 Å². The number of carbonyl (C=O) groups is 1. The van der Waals surface area contributed by atoms with Crippen LogP contribution in [0.2, 0.25) is 0 Å². The first kappa shape index (κ1) is 20.5. The molecule has 6 heteroatoms. The third-order valence-electron chi connectivity index (χ3n) is 4.79. The fraction of sp³-hybridized carbons (Fsp3) is 0.217. The molecule has 3 aromatic rings. The Morgan fingerprint density at radius 3 is 2.45 bits per heavy atom. The number of hydrogen-bond acceptors (Lipinski definition) is 4. The van der Waals surface area contributed by atoms with Crippen LogP contribution in [0.15, 0.2) is 48.5 Å². The molecule has 0 spiro atoms. The van der Waals surface area contributed by atoms with Gasteiger partial charge in [0.25, 0.3) is 5.91 Å². The molecule has 2 heterocycles. The predicted molar refractivity (Wildman–Crippen MR) is 112 cm³/mol. The molecule has 1 aliphatic heterocycles. The van der Waals surface area contributed by atoms with Crippen molar-refractivity contribution >= 4 is 16.8 Å². The van der Waals surface area contributed by atoms with Gasteiger partial charge in [0.15, 0.2) is 0 Å². The van der Waals surface area contributed by atoms with E-state index in [2.05, 4.69) is 28.8 Å². The number of nitrogens with two attached hydrogens (primary N) is 1. The monoisotopic (exact) mass is 391 g/mol. The van der Waals surface area contributed by atoms with Gasteiger partial charge in [0.1, 0.15) is 11.5 Å². The molecule has 1 aliphatic rings. The number of amides is 1. The molecule has 148 valence electrons. The van der Waals surface area contributed by atoms with Crippen molar-refractivity contribution in [3.8, 4) is 24.0 Å². The molecule has 0 radical (unpaired) electrons. The largest absolute Gasteiger partial charge is 0.379 e. The normalized spacial score (nSPS) is 14.2. The maximum atomic E-state index is 13.3. The molecule has 0 aliphatic carbocycles. The van der Waals surface area contributed by atoms with Crippen molar-refractivity contribution in [2.24, 2.45) is 5.73 Å². The van der Waals surface area contributed by atoms with Gasteiger partial charge in [-0.3, -0.25) is 9.69 Å². The van der Waals surface area contributed by atoms with Crippen molar-refractivity contribution < 1.29 is 13.9 Å². The second-order valence-electron chi connectivity index (χ2n) is 6.67. The van der Waals surface area contributed by atoms with Gasteiger partial charge in [-0.1, -0.05) is 24.3 Å². The van der Waals surface area contributed by atoms with Crippen LogP contribution in [0.25, 0.3) is 22.0 Å². The maximum Gasteiger partial charge on any atom is 0.267 e. The number of pyridine rings is 1. The highest BCUT2D eigenvalue weighted by Crippen LogP contribution is 2.30. The van der Waals surface area contributed by atoms with Crippen LogP contribution in [0.5, 0.6) is 0 Å². The summed E-state index contributed by atoms with van der Waals surface area (Å²) >= 11 is 0. The SMILES string of the molecule is C#C.NC(=O)c1cc(-c2ccc(F)cc2)c2ccc(CN3CCOCC3)cc2n1. The van der Waals surface area contributed by atoms with E-state index in [9.17, 15) is 9.18 Å². The quantitative estimate of drug-likeness (QED) is 0.694. The molecule has 1 amide bonds. The summed E-state index contributed by atoms with van der Waals surface area (Å²) in [4.78, 5) is 18.5. The Labute approximate surface area is 169 Å². The summed E-state index contributed by atoms with van der Waals surface area (Å²) in [6.07, 6.45) is 8.00. The van der Waals surface area contributed by atoms with Crippen LogP contribution in [-0.2, 0) is 11.3 Å². The number of morpholine rings is 1. The molecule has 0 saturated carbocycles. The second-order valence-corrected chi connectivity index (χ2v) is 6.67. The van der Waals surface area contributed by atoms with Crippen molar-refractivity contribution in [3.05, 3.63) is 65.6 Å². The number of benzene rings is 2. The molecule has 1 aromatic heterocycles. The van der Waals surface area contributed by atoms with Crippen LogP contribution in [0.1, 0.15) is 16.1 Å². The van der Waals surface area contributed by atoms with Crippen LogP contribution in [0, 0.1) is 18.7 Å². The third kappa shape index (κ3) is 4.77. The minimum absolute atomic E-state index is 0.199. The Morgan fingerprint density at radius 1 is 1.10 bits per heavy atom. The number of aromatic nitrogens is 1. The van der Waals surface area contributed by atoms with Gasteiger partial charge >= 0.3 is 0 Å². The van der Waals surface area contributed by atoms with E-state index in [-0.39, 0.29) is 11.5 Å². The number of fused-ring (bicyclic) bond motifs is 1. The van der Waals surface area contributed by atoms with E-state index >= 15 is 0 Å². The Balaban J connectivity index is 0.00000117. The number of nitrogens with zero attached hydrogens (tertiary/aromatic N) is 2.